The van der Waals surface area contributed by atoms with Crippen LogP contribution in [0.3, 0.4) is 0 Å². The van der Waals surface area contributed by atoms with Crippen molar-refractivity contribution in [2.45, 2.75) is 44.1 Å². The van der Waals surface area contributed by atoms with Crippen molar-refractivity contribution in [2.75, 3.05) is 11.9 Å². The molecule has 0 amide bonds. The third-order valence-electron chi connectivity index (χ3n) is 3.69. The Labute approximate surface area is 112 Å². The molecule has 0 aromatic heterocycles. The highest BCUT2D eigenvalue weighted by Crippen LogP contribution is 2.30. The molecule has 1 aromatic carbocycles. The van der Waals surface area contributed by atoms with Crippen molar-refractivity contribution in [3.8, 4) is 0 Å². The average molecular weight is 297 g/mol. The van der Waals surface area contributed by atoms with E-state index in [2.05, 4.69) is 39.4 Å². The molecular weight excluding hydrogens is 276 g/mol. The van der Waals surface area contributed by atoms with Crippen molar-refractivity contribution in [1.29, 1.82) is 0 Å². The number of anilines is 1. The number of hydrogen-bond acceptors (Lipinski definition) is 2. The summed E-state index contributed by atoms with van der Waals surface area (Å²) < 4.78 is 1.11. The molecule has 2 nitrogen and oxygen atoms in total. The van der Waals surface area contributed by atoms with Crippen molar-refractivity contribution in [2.24, 2.45) is 5.73 Å². The molecule has 3 N–H and O–H groups in total. The number of hydrogen-bond donors (Lipinski definition) is 2. The van der Waals surface area contributed by atoms with E-state index in [9.17, 15) is 0 Å². The molecule has 0 unspecified atom stereocenters. The first kappa shape index (κ1) is 12.9. The van der Waals surface area contributed by atoms with E-state index in [4.69, 9.17) is 5.73 Å². The van der Waals surface area contributed by atoms with E-state index in [1.54, 1.807) is 0 Å². The summed E-state index contributed by atoms with van der Waals surface area (Å²) in [4.78, 5) is 0. The van der Waals surface area contributed by atoms with E-state index < -0.39 is 0 Å². The predicted molar refractivity (Wildman–Crippen MR) is 77.3 cm³/mol. The van der Waals surface area contributed by atoms with Crippen LogP contribution in [0.4, 0.5) is 5.69 Å². The number of nitrogens with one attached hydrogen (secondary N) is 1. The van der Waals surface area contributed by atoms with Crippen LogP contribution in [0.1, 0.15) is 38.5 Å². The Bertz CT molecular complexity index is 357. The van der Waals surface area contributed by atoms with Crippen LogP contribution in [0.2, 0.25) is 0 Å². The van der Waals surface area contributed by atoms with Gasteiger partial charge in [0, 0.05) is 22.2 Å². The summed E-state index contributed by atoms with van der Waals surface area (Å²) in [5, 5.41) is 3.67. The fourth-order valence-electron chi connectivity index (χ4n) is 2.66. The highest BCUT2D eigenvalue weighted by Gasteiger charge is 2.29. The molecule has 17 heavy (non-hydrogen) atoms. The Hall–Kier alpha value is -0.540. The standard InChI is InChI=1S/C14H21BrN2/c15-12-6-5-7-13(10-12)17-14(11-16)8-3-1-2-4-9-14/h5-7,10,17H,1-4,8-9,11,16H2. The number of nitrogens with two attached hydrogens (primary N) is 1. The molecule has 1 aliphatic carbocycles. The molecule has 0 spiro atoms. The van der Waals surface area contributed by atoms with Gasteiger partial charge in [0.25, 0.3) is 0 Å². The lowest BCUT2D eigenvalue weighted by Gasteiger charge is -2.34. The molecule has 0 atom stereocenters. The zero-order valence-electron chi connectivity index (χ0n) is 10.2. The maximum atomic E-state index is 6.02. The van der Waals surface area contributed by atoms with E-state index in [0.29, 0.717) is 0 Å². The monoisotopic (exact) mass is 296 g/mol. The molecule has 94 valence electrons. The van der Waals surface area contributed by atoms with Crippen molar-refractivity contribution in [3.63, 3.8) is 0 Å². The van der Waals surface area contributed by atoms with Gasteiger partial charge in [-0.2, -0.15) is 0 Å². The lowest BCUT2D eigenvalue weighted by Crippen LogP contribution is -2.45. The zero-order valence-corrected chi connectivity index (χ0v) is 11.8. The van der Waals surface area contributed by atoms with Crippen LogP contribution in [0.15, 0.2) is 28.7 Å². The number of rotatable bonds is 3. The van der Waals surface area contributed by atoms with Crippen LogP contribution in [0.5, 0.6) is 0 Å². The molecule has 1 aliphatic rings. The first-order chi connectivity index (χ1) is 8.24. The SMILES string of the molecule is NCC1(Nc2cccc(Br)c2)CCCCCC1. The van der Waals surface area contributed by atoms with Crippen LogP contribution in [0, 0.1) is 0 Å². The van der Waals surface area contributed by atoms with Gasteiger partial charge in [-0.15, -0.1) is 0 Å². The van der Waals surface area contributed by atoms with Crippen LogP contribution in [-0.4, -0.2) is 12.1 Å². The van der Waals surface area contributed by atoms with E-state index in [1.165, 1.54) is 44.2 Å². The van der Waals surface area contributed by atoms with Crippen LogP contribution < -0.4 is 11.1 Å². The molecule has 1 saturated carbocycles. The van der Waals surface area contributed by atoms with Gasteiger partial charge in [0.15, 0.2) is 0 Å². The number of benzene rings is 1. The van der Waals surface area contributed by atoms with E-state index in [0.717, 1.165) is 11.0 Å². The Morgan fingerprint density at radius 1 is 1.18 bits per heavy atom. The summed E-state index contributed by atoms with van der Waals surface area (Å²) >= 11 is 3.51. The highest BCUT2D eigenvalue weighted by molar-refractivity contribution is 9.10. The molecule has 1 aromatic rings. The molecule has 0 saturated heterocycles. The Kier molecular flexibility index (Phi) is 4.46. The summed E-state index contributed by atoms with van der Waals surface area (Å²) in [7, 11) is 0. The second kappa shape index (κ2) is 5.87. The minimum Gasteiger partial charge on any atom is -0.378 e. The van der Waals surface area contributed by atoms with Crippen LogP contribution in [0.25, 0.3) is 0 Å². The molecule has 3 heteroatoms. The lowest BCUT2D eigenvalue weighted by molar-refractivity contribution is 0.418. The smallest absolute Gasteiger partial charge is 0.0495 e. The summed E-state index contributed by atoms with van der Waals surface area (Å²) in [5.41, 5.74) is 7.30. The topological polar surface area (TPSA) is 38.0 Å². The fraction of sp³-hybridized carbons (Fsp3) is 0.571. The maximum Gasteiger partial charge on any atom is 0.0495 e. The minimum atomic E-state index is 0.108. The van der Waals surface area contributed by atoms with Gasteiger partial charge in [-0.1, -0.05) is 47.7 Å². The van der Waals surface area contributed by atoms with Crippen molar-refractivity contribution < 1.29 is 0 Å². The van der Waals surface area contributed by atoms with Crippen LogP contribution >= 0.6 is 15.9 Å². The molecular formula is C14H21BrN2. The zero-order chi connectivity index (χ0) is 12.1. The van der Waals surface area contributed by atoms with Crippen molar-refractivity contribution >= 4 is 21.6 Å². The Morgan fingerprint density at radius 2 is 1.88 bits per heavy atom. The van der Waals surface area contributed by atoms with Gasteiger partial charge >= 0.3 is 0 Å². The summed E-state index contributed by atoms with van der Waals surface area (Å²) in [6.07, 6.45) is 7.66. The van der Waals surface area contributed by atoms with E-state index in [1.807, 2.05) is 6.07 Å². The lowest BCUT2D eigenvalue weighted by atomic mass is 9.90. The summed E-state index contributed by atoms with van der Waals surface area (Å²) in [5.74, 6) is 0. The molecule has 0 heterocycles. The van der Waals surface area contributed by atoms with Crippen molar-refractivity contribution in [3.05, 3.63) is 28.7 Å². The fourth-order valence-corrected chi connectivity index (χ4v) is 3.06. The summed E-state index contributed by atoms with van der Waals surface area (Å²) in [6, 6.07) is 8.36. The third-order valence-corrected chi connectivity index (χ3v) is 4.18. The first-order valence-corrected chi connectivity index (χ1v) is 7.27. The molecule has 0 radical (unpaired) electrons. The van der Waals surface area contributed by atoms with Gasteiger partial charge in [0.2, 0.25) is 0 Å². The first-order valence-electron chi connectivity index (χ1n) is 6.48. The Balaban J connectivity index is 2.12. The molecule has 0 aliphatic heterocycles. The van der Waals surface area contributed by atoms with E-state index >= 15 is 0 Å². The average Bonchev–Trinajstić information content (AvgIpc) is 2.55. The third kappa shape index (κ3) is 3.46. The highest BCUT2D eigenvalue weighted by atomic mass is 79.9. The quantitative estimate of drug-likeness (QED) is 0.830. The second-order valence-electron chi connectivity index (χ2n) is 5.03. The largest absolute Gasteiger partial charge is 0.378 e. The molecule has 1 fully saturated rings. The normalized spacial score (nSPS) is 19.6. The molecule has 2 rings (SSSR count). The van der Waals surface area contributed by atoms with Gasteiger partial charge in [-0.05, 0) is 31.0 Å². The Morgan fingerprint density at radius 3 is 2.47 bits per heavy atom. The minimum absolute atomic E-state index is 0.108. The predicted octanol–water partition coefficient (Wildman–Crippen LogP) is 3.91. The van der Waals surface area contributed by atoms with E-state index in [-0.39, 0.29) is 5.54 Å². The number of halogens is 1. The second-order valence-corrected chi connectivity index (χ2v) is 5.95. The summed E-state index contributed by atoms with van der Waals surface area (Å²) in [6.45, 7) is 0.722. The van der Waals surface area contributed by atoms with Crippen LogP contribution in [-0.2, 0) is 0 Å². The maximum absolute atomic E-state index is 6.02. The van der Waals surface area contributed by atoms with Gasteiger partial charge in [-0.3, -0.25) is 0 Å². The van der Waals surface area contributed by atoms with Crippen molar-refractivity contribution in [1.82, 2.24) is 0 Å². The van der Waals surface area contributed by atoms with Gasteiger partial charge in [-0.25, -0.2) is 0 Å². The van der Waals surface area contributed by atoms with Gasteiger partial charge < -0.3 is 11.1 Å². The van der Waals surface area contributed by atoms with Gasteiger partial charge in [0.1, 0.15) is 0 Å². The molecule has 0 bridgehead atoms. The van der Waals surface area contributed by atoms with Gasteiger partial charge in [0.05, 0.1) is 0 Å².